The van der Waals surface area contributed by atoms with Gasteiger partial charge in [0, 0.05) is 12.7 Å². The van der Waals surface area contributed by atoms with Crippen molar-refractivity contribution in [1.29, 1.82) is 0 Å². The normalized spacial score (nSPS) is 10.3. The van der Waals surface area contributed by atoms with Gasteiger partial charge in [0.2, 0.25) is 0 Å². The van der Waals surface area contributed by atoms with Gasteiger partial charge in [-0.25, -0.2) is 0 Å². The summed E-state index contributed by atoms with van der Waals surface area (Å²) in [6.45, 7) is 1.93. The summed E-state index contributed by atoms with van der Waals surface area (Å²) in [6, 6.07) is 5.77. The van der Waals surface area contributed by atoms with Crippen LogP contribution in [0.5, 0.6) is 11.8 Å². The molecule has 0 amide bonds. The smallest absolute Gasteiger partial charge is 0.340 e. The lowest BCUT2D eigenvalue weighted by Gasteiger charge is -2.05. The molecule has 15 heavy (non-hydrogen) atoms. The van der Waals surface area contributed by atoms with Crippen LogP contribution in [0, 0.1) is 6.92 Å². The van der Waals surface area contributed by atoms with Crippen molar-refractivity contribution in [3.05, 3.63) is 30.1 Å². The van der Waals surface area contributed by atoms with Crippen molar-refractivity contribution in [3.63, 3.8) is 0 Å². The molecular weight excluding hydrogens is 192 g/mol. The maximum absolute atomic E-state index is 5.63. The van der Waals surface area contributed by atoms with Crippen LogP contribution in [0.1, 0.15) is 5.56 Å². The molecule has 78 valence electrons. The number of nitrogen functional groups attached to an aromatic ring is 1. The third-order valence-electron chi connectivity index (χ3n) is 1.98. The molecule has 2 aromatic rings. The maximum Gasteiger partial charge on any atom is 0.340 e. The van der Waals surface area contributed by atoms with Crippen molar-refractivity contribution < 1.29 is 4.74 Å². The van der Waals surface area contributed by atoms with Gasteiger partial charge in [-0.05, 0) is 30.7 Å². The zero-order chi connectivity index (χ0) is 10.8. The molecule has 0 saturated heterocycles. The Hall–Kier alpha value is -2.04. The SMILES string of the molecule is Cc1cc(N)ccc1Oc1ncn(C)n1. The summed E-state index contributed by atoms with van der Waals surface area (Å²) in [5.41, 5.74) is 7.31. The molecular formula is C10H12N4O. The van der Waals surface area contributed by atoms with E-state index in [0.717, 1.165) is 11.3 Å². The van der Waals surface area contributed by atoms with Crippen LogP contribution in [0.15, 0.2) is 24.5 Å². The minimum absolute atomic E-state index is 0.338. The first kappa shape index (κ1) is 9.51. The number of aryl methyl sites for hydroxylation is 2. The van der Waals surface area contributed by atoms with E-state index in [1.807, 2.05) is 13.0 Å². The van der Waals surface area contributed by atoms with Gasteiger partial charge in [-0.15, -0.1) is 5.10 Å². The maximum atomic E-state index is 5.63. The Kier molecular flexibility index (Phi) is 2.29. The lowest BCUT2D eigenvalue weighted by atomic mass is 10.2. The highest BCUT2D eigenvalue weighted by atomic mass is 16.5. The van der Waals surface area contributed by atoms with Crippen molar-refractivity contribution in [2.24, 2.45) is 7.05 Å². The first-order valence-corrected chi connectivity index (χ1v) is 4.55. The number of hydrogen-bond donors (Lipinski definition) is 1. The van der Waals surface area contributed by atoms with Gasteiger partial charge in [-0.3, -0.25) is 4.68 Å². The predicted molar refractivity (Wildman–Crippen MR) is 56.7 cm³/mol. The summed E-state index contributed by atoms with van der Waals surface area (Å²) in [5.74, 6) is 0.718. The Morgan fingerprint density at radius 3 is 2.80 bits per heavy atom. The van der Waals surface area contributed by atoms with E-state index < -0.39 is 0 Å². The summed E-state index contributed by atoms with van der Waals surface area (Å²) < 4.78 is 7.07. The Bertz CT molecular complexity index is 478. The molecule has 0 fully saturated rings. The number of rotatable bonds is 2. The van der Waals surface area contributed by atoms with Crippen LogP contribution >= 0.6 is 0 Å². The average Bonchev–Trinajstić information content (AvgIpc) is 2.56. The van der Waals surface area contributed by atoms with Gasteiger partial charge in [-0.2, -0.15) is 4.98 Å². The van der Waals surface area contributed by atoms with Crippen LogP contribution < -0.4 is 10.5 Å². The Balaban J connectivity index is 2.24. The van der Waals surface area contributed by atoms with E-state index in [1.54, 1.807) is 30.2 Å². The second-order valence-electron chi connectivity index (χ2n) is 3.33. The van der Waals surface area contributed by atoms with Gasteiger partial charge >= 0.3 is 6.01 Å². The summed E-state index contributed by atoms with van der Waals surface area (Å²) in [6.07, 6.45) is 1.59. The highest BCUT2D eigenvalue weighted by molar-refractivity contribution is 5.47. The van der Waals surface area contributed by atoms with Crippen molar-refractivity contribution in [2.75, 3.05) is 5.73 Å². The topological polar surface area (TPSA) is 66.0 Å². The van der Waals surface area contributed by atoms with Crippen LogP contribution in [-0.2, 0) is 7.05 Å². The fourth-order valence-corrected chi connectivity index (χ4v) is 1.25. The Morgan fingerprint density at radius 1 is 1.40 bits per heavy atom. The lowest BCUT2D eigenvalue weighted by molar-refractivity contribution is 0.436. The molecule has 0 aliphatic carbocycles. The number of aromatic nitrogens is 3. The number of benzene rings is 1. The first-order chi connectivity index (χ1) is 7.15. The van der Waals surface area contributed by atoms with E-state index >= 15 is 0 Å². The largest absolute Gasteiger partial charge is 0.423 e. The van der Waals surface area contributed by atoms with Crippen LogP contribution in [-0.4, -0.2) is 14.8 Å². The summed E-state index contributed by atoms with van der Waals surface area (Å²) in [7, 11) is 1.79. The molecule has 1 aromatic heterocycles. The van der Waals surface area contributed by atoms with E-state index in [-0.39, 0.29) is 0 Å². The Labute approximate surface area is 87.5 Å². The quantitative estimate of drug-likeness (QED) is 0.753. The number of hydrogen-bond acceptors (Lipinski definition) is 4. The van der Waals surface area contributed by atoms with Gasteiger partial charge in [0.25, 0.3) is 0 Å². The van der Waals surface area contributed by atoms with E-state index in [9.17, 15) is 0 Å². The number of ether oxygens (including phenoxy) is 1. The zero-order valence-corrected chi connectivity index (χ0v) is 8.64. The number of anilines is 1. The molecule has 2 N–H and O–H groups in total. The van der Waals surface area contributed by atoms with Gasteiger partial charge < -0.3 is 10.5 Å². The van der Waals surface area contributed by atoms with E-state index in [1.165, 1.54) is 0 Å². The molecule has 0 bridgehead atoms. The fraction of sp³-hybridized carbons (Fsp3) is 0.200. The highest BCUT2D eigenvalue weighted by Gasteiger charge is 2.04. The second kappa shape index (κ2) is 3.61. The van der Waals surface area contributed by atoms with Crippen LogP contribution in [0.3, 0.4) is 0 Å². The minimum atomic E-state index is 0.338. The van der Waals surface area contributed by atoms with Gasteiger partial charge in [0.1, 0.15) is 12.1 Å². The van der Waals surface area contributed by atoms with E-state index in [2.05, 4.69) is 10.1 Å². The number of nitrogens with two attached hydrogens (primary N) is 1. The predicted octanol–water partition coefficient (Wildman–Crippen LogP) is 1.50. The van der Waals surface area contributed by atoms with E-state index in [4.69, 9.17) is 10.5 Å². The molecule has 0 aliphatic rings. The molecule has 0 saturated carbocycles. The van der Waals surface area contributed by atoms with Crippen molar-refractivity contribution in [3.8, 4) is 11.8 Å². The number of nitrogens with zero attached hydrogens (tertiary/aromatic N) is 3. The highest BCUT2D eigenvalue weighted by Crippen LogP contribution is 2.23. The molecule has 0 atom stereocenters. The molecule has 0 spiro atoms. The van der Waals surface area contributed by atoms with Crippen LogP contribution in [0.4, 0.5) is 5.69 Å². The van der Waals surface area contributed by atoms with Crippen LogP contribution in [0.25, 0.3) is 0 Å². The average molecular weight is 204 g/mol. The van der Waals surface area contributed by atoms with E-state index in [0.29, 0.717) is 11.7 Å². The van der Waals surface area contributed by atoms with Crippen molar-refractivity contribution in [2.45, 2.75) is 6.92 Å². The first-order valence-electron chi connectivity index (χ1n) is 4.55. The molecule has 5 nitrogen and oxygen atoms in total. The lowest BCUT2D eigenvalue weighted by Crippen LogP contribution is -1.93. The third-order valence-corrected chi connectivity index (χ3v) is 1.98. The molecule has 5 heteroatoms. The van der Waals surface area contributed by atoms with Crippen LogP contribution in [0.2, 0.25) is 0 Å². The van der Waals surface area contributed by atoms with Crippen molar-refractivity contribution in [1.82, 2.24) is 14.8 Å². The molecule has 2 rings (SSSR count). The summed E-state index contributed by atoms with van der Waals surface area (Å²) in [4.78, 5) is 3.97. The molecule has 1 aromatic carbocycles. The Morgan fingerprint density at radius 2 is 2.20 bits per heavy atom. The molecule has 1 heterocycles. The summed E-state index contributed by atoms with van der Waals surface area (Å²) >= 11 is 0. The molecule has 0 aliphatic heterocycles. The standard InChI is InChI=1S/C10H12N4O/c1-7-5-8(11)3-4-9(7)15-10-12-6-14(2)13-10/h3-6H,11H2,1-2H3. The van der Waals surface area contributed by atoms with Gasteiger partial charge in [0.15, 0.2) is 0 Å². The minimum Gasteiger partial charge on any atom is -0.423 e. The zero-order valence-electron chi connectivity index (χ0n) is 8.64. The summed E-state index contributed by atoms with van der Waals surface area (Å²) in [5, 5.41) is 4.02. The fourth-order valence-electron chi connectivity index (χ4n) is 1.25. The molecule has 0 radical (unpaired) electrons. The molecule has 0 unspecified atom stereocenters. The third kappa shape index (κ3) is 2.07. The van der Waals surface area contributed by atoms with Gasteiger partial charge in [-0.1, -0.05) is 0 Å². The monoisotopic (exact) mass is 204 g/mol. The second-order valence-corrected chi connectivity index (χ2v) is 3.33. The van der Waals surface area contributed by atoms with Gasteiger partial charge in [0.05, 0.1) is 0 Å². The van der Waals surface area contributed by atoms with Crippen molar-refractivity contribution >= 4 is 5.69 Å².